The number of hydrogen-bond donors (Lipinski definition) is 1. The Labute approximate surface area is 105 Å². The third kappa shape index (κ3) is 4.03. The molecule has 0 saturated heterocycles. The molecule has 0 aliphatic carbocycles. The molecule has 1 aromatic rings. The first kappa shape index (κ1) is 15.0. The fourth-order valence-electron chi connectivity index (χ4n) is 1.67. The first-order valence-electron chi connectivity index (χ1n) is 5.52. The van der Waals surface area contributed by atoms with Crippen molar-refractivity contribution >= 4 is 9.84 Å². The summed E-state index contributed by atoms with van der Waals surface area (Å²) in [6.07, 6.45) is -0.0867. The average molecular weight is 278 g/mol. The van der Waals surface area contributed by atoms with E-state index in [0.717, 1.165) is 12.3 Å². The van der Waals surface area contributed by atoms with Gasteiger partial charge in [0.1, 0.15) is 21.5 Å². The fourth-order valence-corrected chi connectivity index (χ4v) is 2.36. The van der Waals surface area contributed by atoms with Crippen molar-refractivity contribution in [3.8, 4) is 0 Å². The summed E-state index contributed by atoms with van der Waals surface area (Å²) in [7, 11) is -3.13. The highest BCUT2D eigenvalue weighted by molar-refractivity contribution is 7.90. The van der Waals surface area contributed by atoms with Crippen LogP contribution in [0.15, 0.2) is 12.1 Å². The van der Waals surface area contributed by atoms with E-state index in [0.29, 0.717) is 0 Å². The van der Waals surface area contributed by atoms with Crippen LogP contribution in [0.1, 0.15) is 30.1 Å². The maximum atomic E-state index is 13.7. The van der Waals surface area contributed by atoms with Gasteiger partial charge in [0.25, 0.3) is 0 Å². The van der Waals surface area contributed by atoms with Crippen molar-refractivity contribution in [1.29, 1.82) is 0 Å². The molecule has 0 aliphatic heterocycles. The van der Waals surface area contributed by atoms with Crippen molar-refractivity contribution in [2.45, 2.75) is 25.9 Å². The molecule has 0 fully saturated rings. The molecule has 0 radical (unpaired) electrons. The zero-order chi connectivity index (χ0) is 13.9. The Balaban J connectivity index is 2.79. The number of sulfone groups is 1. The zero-order valence-corrected chi connectivity index (χ0v) is 11.1. The molecule has 1 N–H and O–H groups in total. The summed E-state index contributed by atoms with van der Waals surface area (Å²) >= 11 is 0. The third-order valence-corrected chi connectivity index (χ3v) is 3.68. The van der Waals surface area contributed by atoms with Crippen molar-refractivity contribution in [3.63, 3.8) is 0 Å². The largest absolute Gasteiger partial charge is 0.388 e. The van der Waals surface area contributed by atoms with Gasteiger partial charge in [-0.3, -0.25) is 0 Å². The molecule has 0 amide bonds. The van der Waals surface area contributed by atoms with Gasteiger partial charge in [0, 0.05) is 12.0 Å². The monoisotopic (exact) mass is 278 g/mol. The third-order valence-electron chi connectivity index (χ3n) is 2.65. The van der Waals surface area contributed by atoms with Crippen LogP contribution in [0.2, 0.25) is 0 Å². The van der Waals surface area contributed by atoms with Gasteiger partial charge in [0.15, 0.2) is 0 Å². The summed E-state index contributed by atoms with van der Waals surface area (Å²) < 4.78 is 48.9. The summed E-state index contributed by atoms with van der Waals surface area (Å²) in [5.74, 6) is -1.70. The molecule has 1 aromatic carbocycles. The van der Waals surface area contributed by atoms with Gasteiger partial charge in [-0.2, -0.15) is 0 Å². The minimum atomic E-state index is -3.13. The van der Waals surface area contributed by atoms with Gasteiger partial charge < -0.3 is 5.11 Å². The van der Waals surface area contributed by atoms with E-state index in [-0.39, 0.29) is 29.7 Å². The minimum absolute atomic E-state index is 0.00433. The van der Waals surface area contributed by atoms with Crippen LogP contribution >= 0.6 is 0 Å². The normalized spacial score (nSPS) is 13.6. The Morgan fingerprint density at radius 2 is 1.94 bits per heavy atom. The van der Waals surface area contributed by atoms with Crippen molar-refractivity contribution in [2.75, 3.05) is 12.0 Å². The standard InChI is InChI=1S/C12H16F2O3S/c1-8-5-6-9(13)11(12(8)14)10(15)4-3-7-18(2,16)17/h5-6,10,15H,3-4,7H2,1-2H3. The van der Waals surface area contributed by atoms with Crippen LogP contribution in [0.3, 0.4) is 0 Å². The molecule has 1 unspecified atom stereocenters. The predicted molar refractivity (Wildman–Crippen MR) is 65.0 cm³/mol. The highest BCUT2D eigenvalue weighted by atomic mass is 32.2. The highest BCUT2D eigenvalue weighted by Crippen LogP contribution is 2.26. The van der Waals surface area contributed by atoms with E-state index in [2.05, 4.69) is 0 Å². The first-order valence-corrected chi connectivity index (χ1v) is 7.58. The highest BCUT2D eigenvalue weighted by Gasteiger charge is 2.19. The number of benzene rings is 1. The van der Waals surface area contributed by atoms with Gasteiger partial charge in [-0.25, -0.2) is 17.2 Å². The Bertz CT molecular complexity index is 526. The van der Waals surface area contributed by atoms with Gasteiger partial charge in [-0.05, 0) is 31.4 Å². The quantitative estimate of drug-likeness (QED) is 0.897. The average Bonchev–Trinajstić information content (AvgIpc) is 2.22. The van der Waals surface area contributed by atoms with E-state index in [9.17, 15) is 22.3 Å². The van der Waals surface area contributed by atoms with E-state index in [1.165, 1.54) is 13.0 Å². The Morgan fingerprint density at radius 1 is 1.33 bits per heavy atom. The van der Waals surface area contributed by atoms with Crippen LogP contribution in [0.25, 0.3) is 0 Å². The number of hydrogen-bond acceptors (Lipinski definition) is 3. The molecular formula is C12H16F2O3S. The Kier molecular flexibility index (Phi) is 4.81. The maximum absolute atomic E-state index is 13.7. The summed E-state index contributed by atoms with van der Waals surface area (Å²) in [5.41, 5.74) is -0.142. The minimum Gasteiger partial charge on any atom is -0.388 e. The van der Waals surface area contributed by atoms with Crippen LogP contribution in [0.4, 0.5) is 8.78 Å². The van der Waals surface area contributed by atoms with E-state index in [1.807, 2.05) is 0 Å². The second-order valence-corrected chi connectivity index (χ2v) is 6.64. The van der Waals surface area contributed by atoms with Crippen LogP contribution < -0.4 is 0 Å². The Morgan fingerprint density at radius 3 is 2.50 bits per heavy atom. The smallest absolute Gasteiger partial charge is 0.147 e. The summed E-state index contributed by atoms with van der Waals surface area (Å²) in [5, 5.41) is 9.73. The predicted octanol–water partition coefficient (Wildman–Crippen LogP) is 2.13. The number of rotatable bonds is 5. The topological polar surface area (TPSA) is 54.4 Å². The lowest BCUT2D eigenvalue weighted by molar-refractivity contribution is 0.157. The number of aryl methyl sites for hydroxylation is 1. The molecule has 6 heteroatoms. The zero-order valence-electron chi connectivity index (χ0n) is 10.3. The van der Waals surface area contributed by atoms with Crippen molar-refractivity contribution in [2.24, 2.45) is 0 Å². The summed E-state index contributed by atoms with van der Waals surface area (Å²) in [4.78, 5) is 0. The van der Waals surface area contributed by atoms with Gasteiger partial charge >= 0.3 is 0 Å². The van der Waals surface area contributed by atoms with Gasteiger partial charge in [0.05, 0.1) is 11.7 Å². The molecule has 1 rings (SSSR count). The van der Waals surface area contributed by atoms with E-state index in [1.54, 1.807) is 0 Å². The second-order valence-electron chi connectivity index (χ2n) is 4.38. The maximum Gasteiger partial charge on any atom is 0.147 e. The summed E-state index contributed by atoms with van der Waals surface area (Å²) in [6, 6.07) is 2.38. The van der Waals surface area contributed by atoms with E-state index >= 15 is 0 Å². The molecule has 0 aromatic heterocycles. The lowest BCUT2D eigenvalue weighted by atomic mass is 10.0. The number of aliphatic hydroxyl groups excluding tert-OH is 1. The van der Waals surface area contributed by atoms with Crippen molar-refractivity contribution in [1.82, 2.24) is 0 Å². The second kappa shape index (κ2) is 5.75. The van der Waals surface area contributed by atoms with Crippen LogP contribution in [0, 0.1) is 18.6 Å². The van der Waals surface area contributed by atoms with Crippen molar-refractivity contribution in [3.05, 3.63) is 34.9 Å². The number of aliphatic hydroxyl groups is 1. The molecule has 0 heterocycles. The van der Waals surface area contributed by atoms with Gasteiger partial charge in [0.2, 0.25) is 0 Å². The van der Waals surface area contributed by atoms with Gasteiger partial charge in [-0.15, -0.1) is 0 Å². The number of halogens is 2. The SMILES string of the molecule is Cc1ccc(F)c(C(O)CCCS(C)(=O)=O)c1F. The Hall–Kier alpha value is -1.01. The first-order chi connectivity index (χ1) is 8.22. The molecule has 0 aliphatic rings. The fraction of sp³-hybridized carbons (Fsp3) is 0.500. The van der Waals surface area contributed by atoms with E-state index < -0.39 is 27.6 Å². The van der Waals surface area contributed by atoms with Crippen LogP contribution in [0.5, 0.6) is 0 Å². The molecular weight excluding hydrogens is 262 g/mol. The molecule has 0 bridgehead atoms. The van der Waals surface area contributed by atoms with Crippen molar-refractivity contribution < 1.29 is 22.3 Å². The van der Waals surface area contributed by atoms with Gasteiger partial charge in [-0.1, -0.05) is 6.07 Å². The summed E-state index contributed by atoms with van der Waals surface area (Å²) in [6.45, 7) is 1.47. The lowest BCUT2D eigenvalue weighted by Crippen LogP contribution is -2.09. The van der Waals surface area contributed by atoms with Crippen LogP contribution in [-0.4, -0.2) is 25.5 Å². The van der Waals surface area contributed by atoms with Crippen LogP contribution in [-0.2, 0) is 9.84 Å². The molecule has 18 heavy (non-hydrogen) atoms. The lowest BCUT2D eigenvalue weighted by Gasteiger charge is -2.13. The molecule has 0 saturated carbocycles. The molecule has 102 valence electrons. The molecule has 0 spiro atoms. The molecule has 1 atom stereocenters. The molecule has 3 nitrogen and oxygen atoms in total. The van der Waals surface area contributed by atoms with E-state index in [4.69, 9.17) is 0 Å².